The molecule has 6 nitrogen and oxygen atoms in total. The van der Waals surface area contributed by atoms with Crippen molar-refractivity contribution < 1.29 is 0 Å². The first kappa shape index (κ1) is 18.4. The molecule has 8 heteroatoms. The molecular formula is C16H20N6S2. The molecule has 0 N–H and O–H groups in total. The average molecular weight is 361 g/mol. The minimum Gasteiger partial charge on any atom is -0.139 e. The fourth-order valence-corrected chi connectivity index (χ4v) is 4.53. The molecule has 0 radical (unpaired) electrons. The molecule has 0 atom stereocenters. The zero-order valence-corrected chi connectivity index (χ0v) is 15.1. The van der Waals surface area contributed by atoms with Crippen LogP contribution in [-0.4, -0.2) is 13.1 Å². The topological polar surface area (TPSA) is 97.5 Å². The van der Waals surface area contributed by atoms with Crippen molar-refractivity contribution in [3.8, 4) is 9.75 Å². The molecule has 0 aliphatic carbocycles. The highest BCUT2D eigenvalue weighted by atomic mass is 32.1. The third-order valence-electron chi connectivity index (χ3n) is 3.56. The zero-order valence-electron chi connectivity index (χ0n) is 13.5. The summed E-state index contributed by atoms with van der Waals surface area (Å²) >= 11 is 3.70. The first-order valence-electron chi connectivity index (χ1n) is 8.03. The summed E-state index contributed by atoms with van der Waals surface area (Å²) in [6.45, 7) is 1.17. The lowest BCUT2D eigenvalue weighted by molar-refractivity contribution is 0.748. The largest absolute Gasteiger partial charge is 0.139 e. The van der Waals surface area contributed by atoms with E-state index in [4.69, 9.17) is 11.1 Å². The second-order valence-electron chi connectivity index (χ2n) is 5.36. The fraction of sp³-hybridized carbons (Fsp3) is 0.500. The third-order valence-corrected chi connectivity index (χ3v) is 6.04. The highest BCUT2D eigenvalue weighted by Gasteiger charge is 2.06. The van der Waals surface area contributed by atoms with Crippen LogP contribution in [0.25, 0.3) is 30.6 Å². The quantitative estimate of drug-likeness (QED) is 0.183. The molecule has 0 saturated heterocycles. The van der Waals surface area contributed by atoms with E-state index < -0.39 is 0 Å². The van der Waals surface area contributed by atoms with Crippen molar-refractivity contribution in [2.45, 2.75) is 38.5 Å². The van der Waals surface area contributed by atoms with Gasteiger partial charge < -0.3 is 0 Å². The maximum Gasteiger partial charge on any atom is 0.0445 e. The second-order valence-corrected chi connectivity index (χ2v) is 7.69. The van der Waals surface area contributed by atoms with Crippen molar-refractivity contribution >= 4 is 22.7 Å². The van der Waals surface area contributed by atoms with Gasteiger partial charge in [0.05, 0.1) is 0 Å². The average Bonchev–Trinajstić information content (AvgIpc) is 3.23. The highest BCUT2D eigenvalue weighted by Crippen LogP contribution is 2.34. The van der Waals surface area contributed by atoms with Gasteiger partial charge in [0.15, 0.2) is 0 Å². The molecule has 2 rings (SSSR count). The molecule has 2 heterocycles. The maximum atomic E-state index is 8.25. The van der Waals surface area contributed by atoms with Crippen molar-refractivity contribution in [3.63, 3.8) is 0 Å². The van der Waals surface area contributed by atoms with Gasteiger partial charge in [-0.1, -0.05) is 10.2 Å². The van der Waals surface area contributed by atoms with Crippen molar-refractivity contribution in [1.82, 2.24) is 0 Å². The van der Waals surface area contributed by atoms with Gasteiger partial charge >= 0.3 is 0 Å². The standard InChI is InChI=1S/C16H20N6S2/c17-21-19-11-3-1-5-13-7-9-15(23-13)16-10-8-14(24-16)6-2-4-12-20-22-18/h7-10H,1-6,11-12H2. The lowest BCUT2D eigenvalue weighted by Gasteiger charge is -1.96. The molecule has 0 unspecified atom stereocenters. The van der Waals surface area contributed by atoms with Gasteiger partial charge in [0.2, 0.25) is 0 Å². The van der Waals surface area contributed by atoms with Gasteiger partial charge in [-0.25, -0.2) is 0 Å². The van der Waals surface area contributed by atoms with E-state index in [-0.39, 0.29) is 0 Å². The van der Waals surface area contributed by atoms with Gasteiger partial charge in [0.25, 0.3) is 0 Å². The molecular weight excluding hydrogens is 340 g/mol. The maximum absolute atomic E-state index is 8.25. The van der Waals surface area contributed by atoms with Crippen molar-refractivity contribution in [2.24, 2.45) is 10.2 Å². The van der Waals surface area contributed by atoms with Crippen LogP contribution in [0, 0.1) is 0 Å². The summed E-state index contributed by atoms with van der Waals surface area (Å²) in [6, 6.07) is 8.80. The number of thiophene rings is 2. The van der Waals surface area contributed by atoms with E-state index >= 15 is 0 Å². The van der Waals surface area contributed by atoms with Crippen molar-refractivity contribution in [1.29, 1.82) is 0 Å². The monoisotopic (exact) mass is 360 g/mol. The minimum atomic E-state index is 0.586. The number of unbranched alkanes of at least 4 members (excludes halogenated alkanes) is 2. The van der Waals surface area contributed by atoms with E-state index in [0.29, 0.717) is 13.1 Å². The van der Waals surface area contributed by atoms with Gasteiger partial charge in [0.1, 0.15) is 0 Å². The summed E-state index contributed by atoms with van der Waals surface area (Å²) in [7, 11) is 0. The molecule has 0 amide bonds. The smallest absolute Gasteiger partial charge is 0.0445 e. The summed E-state index contributed by atoms with van der Waals surface area (Å²) < 4.78 is 0. The third kappa shape index (κ3) is 6.26. The molecule has 2 aromatic rings. The predicted octanol–water partition coefficient (Wildman–Crippen LogP) is 6.74. The lowest BCUT2D eigenvalue weighted by atomic mass is 10.2. The second kappa shape index (κ2) is 10.7. The highest BCUT2D eigenvalue weighted by molar-refractivity contribution is 7.22. The predicted molar refractivity (Wildman–Crippen MR) is 102 cm³/mol. The van der Waals surface area contributed by atoms with Crippen LogP contribution in [-0.2, 0) is 12.8 Å². The number of azide groups is 2. The van der Waals surface area contributed by atoms with Crippen LogP contribution in [0.4, 0.5) is 0 Å². The number of hydrogen-bond donors (Lipinski definition) is 0. The van der Waals surface area contributed by atoms with E-state index in [1.54, 1.807) is 0 Å². The summed E-state index contributed by atoms with van der Waals surface area (Å²) in [5, 5.41) is 7.12. The number of aryl methyl sites for hydroxylation is 2. The van der Waals surface area contributed by atoms with Crippen LogP contribution in [0.15, 0.2) is 34.5 Å². The van der Waals surface area contributed by atoms with E-state index in [0.717, 1.165) is 38.5 Å². The molecule has 2 aromatic heterocycles. The first-order chi connectivity index (χ1) is 11.8. The summed E-state index contributed by atoms with van der Waals surface area (Å²) in [4.78, 5) is 11.0. The molecule has 24 heavy (non-hydrogen) atoms. The van der Waals surface area contributed by atoms with E-state index in [2.05, 4.69) is 44.3 Å². The van der Waals surface area contributed by atoms with Crippen molar-refractivity contribution in [3.05, 3.63) is 54.9 Å². The summed E-state index contributed by atoms with van der Waals surface area (Å²) in [5.74, 6) is 0. The number of rotatable bonds is 11. The Morgan fingerprint density at radius 3 is 1.58 bits per heavy atom. The van der Waals surface area contributed by atoms with Crippen LogP contribution >= 0.6 is 22.7 Å². The Morgan fingerprint density at radius 2 is 1.17 bits per heavy atom. The minimum absolute atomic E-state index is 0.586. The van der Waals surface area contributed by atoms with Crippen LogP contribution in [0.3, 0.4) is 0 Å². The number of hydrogen-bond acceptors (Lipinski definition) is 4. The van der Waals surface area contributed by atoms with Crippen molar-refractivity contribution in [2.75, 3.05) is 13.1 Å². The van der Waals surface area contributed by atoms with Gasteiger partial charge in [-0.15, -0.1) is 22.7 Å². The van der Waals surface area contributed by atoms with Crippen LogP contribution in [0.2, 0.25) is 0 Å². The molecule has 0 aliphatic heterocycles. The lowest BCUT2D eigenvalue weighted by Crippen LogP contribution is -1.83. The van der Waals surface area contributed by atoms with Gasteiger partial charge in [-0.3, -0.25) is 0 Å². The molecule has 0 spiro atoms. The Hall–Kier alpha value is -1.98. The molecule has 0 aliphatic rings. The summed E-state index contributed by atoms with van der Waals surface area (Å²) in [5.41, 5.74) is 16.5. The van der Waals surface area contributed by atoms with Gasteiger partial charge in [0, 0.05) is 42.4 Å². The Balaban J connectivity index is 1.79. The normalized spacial score (nSPS) is 10.2. The molecule has 0 fully saturated rings. The zero-order chi connectivity index (χ0) is 17.0. The van der Waals surface area contributed by atoms with Crippen LogP contribution < -0.4 is 0 Å². The Labute approximate surface area is 149 Å². The van der Waals surface area contributed by atoms with Gasteiger partial charge in [-0.05, 0) is 73.9 Å². The molecule has 0 aromatic carbocycles. The fourth-order valence-electron chi connectivity index (χ4n) is 2.34. The van der Waals surface area contributed by atoms with Gasteiger partial charge in [-0.2, -0.15) is 0 Å². The molecule has 0 saturated carbocycles. The van der Waals surface area contributed by atoms with Crippen LogP contribution in [0.5, 0.6) is 0 Å². The number of nitrogens with zero attached hydrogens (tertiary/aromatic N) is 6. The van der Waals surface area contributed by atoms with E-state index in [1.165, 1.54) is 19.5 Å². The molecule has 126 valence electrons. The molecule has 0 bridgehead atoms. The Bertz CT molecular complexity index is 660. The SMILES string of the molecule is [N-]=[N+]=NCCCCc1ccc(-c2ccc(CCCCN=[N+]=[N-])s2)s1. The first-order valence-corrected chi connectivity index (χ1v) is 9.66. The van der Waals surface area contributed by atoms with Crippen LogP contribution in [0.1, 0.15) is 35.4 Å². The summed E-state index contributed by atoms with van der Waals surface area (Å²) in [6.07, 6.45) is 6.08. The van der Waals surface area contributed by atoms with E-state index in [1.807, 2.05) is 22.7 Å². The van der Waals surface area contributed by atoms with E-state index in [9.17, 15) is 0 Å². The Morgan fingerprint density at radius 1 is 0.708 bits per heavy atom. The Kier molecular flexibility index (Phi) is 8.21.